The molecule has 1 unspecified atom stereocenters. The number of hydrogen-bond donors (Lipinski definition) is 0. The number of allylic oxidation sites excluding steroid dienone is 14. The van der Waals surface area contributed by atoms with E-state index in [1.807, 2.05) is 0 Å². The lowest BCUT2D eigenvalue weighted by Gasteiger charge is -2.18. The van der Waals surface area contributed by atoms with Crippen molar-refractivity contribution in [3.05, 3.63) is 85.1 Å². The van der Waals surface area contributed by atoms with E-state index in [2.05, 4.69) is 106 Å². The smallest absolute Gasteiger partial charge is 0.306 e. The van der Waals surface area contributed by atoms with Crippen molar-refractivity contribution in [3.63, 3.8) is 0 Å². The topological polar surface area (TPSA) is 78.9 Å². The highest BCUT2D eigenvalue weighted by molar-refractivity contribution is 5.71. The van der Waals surface area contributed by atoms with Gasteiger partial charge in [-0.05, 0) is 77.0 Å². The molecule has 0 aromatic rings. The van der Waals surface area contributed by atoms with E-state index < -0.39 is 6.10 Å². The van der Waals surface area contributed by atoms with E-state index >= 15 is 0 Å². The Morgan fingerprint density at radius 1 is 0.296 bits per heavy atom. The fraction of sp³-hybridized carbons (Fsp3) is 0.738. The zero-order valence-electron chi connectivity index (χ0n) is 46.7. The second-order valence-electron chi connectivity index (χ2n) is 19.9. The van der Waals surface area contributed by atoms with Crippen molar-refractivity contribution in [3.8, 4) is 0 Å². The molecule has 0 aromatic heterocycles. The predicted octanol–water partition coefficient (Wildman–Crippen LogP) is 20.3. The molecule has 0 aliphatic heterocycles. The molecule has 0 aromatic carbocycles. The molecule has 0 heterocycles. The number of carbonyl (C=O) groups is 3. The average Bonchev–Trinajstić information content (AvgIpc) is 3.37. The first kappa shape index (κ1) is 67.6. The minimum Gasteiger partial charge on any atom is -0.462 e. The third-order valence-electron chi connectivity index (χ3n) is 12.9. The largest absolute Gasteiger partial charge is 0.462 e. The molecule has 0 radical (unpaired) electrons. The minimum atomic E-state index is -0.787. The van der Waals surface area contributed by atoms with E-state index in [1.165, 1.54) is 141 Å². The molecule has 0 aliphatic carbocycles. The maximum Gasteiger partial charge on any atom is 0.306 e. The highest BCUT2D eigenvalue weighted by Crippen LogP contribution is 2.16. The highest BCUT2D eigenvalue weighted by Gasteiger charge is 2.19. The van der Waals surface area contributed by atoms with E-state index in [4.69, 9.17) is 14.2 Å². The molecule has 0 amide bonds. The normalized spacial score (nSPS) is 12.7. The van der Waals surface area contributed by atoms with Crippen LogP contribution >= 0.6 is 0 Å². The summed E-state index contributed by atoms with van der Waals surface area (Å²) < 4.78 is 16.9. The molecular weight excluding hydrogens is 877 g/mol. The van der Waals surface area contributed by atoms with Gasteiger partial charge in [0, 0.05) is 19.3 Å². The van der Waals surface area contributed by atoms with Crippen LogP contribution in [0.4, 0.5) is 0 Å². The van der Waals surface area contributed by atoms with E-state index in [0.29, 0.717) is 19.3 Å². The van der Waals surface area contributed by atoms with Crippen LogP contribution < -0.4 is 0 Å². The Morgan fingerprint density at radius 3 is 0.859 bits per heavy atom. The van der Waals surface area contributed by atoms with Crippen LogP contribution in [0.3, 0.4) is 0 Å². The summed E-state index contributed by atoms with van der Waals surface area (Å²) in [5.41, 5.74) is 0. The predicted molar refractivity (Wildman–Crippen MR) is 307 cm³/mol. The monoisotopic (exact) mass is 989 g/mol. The first-order valence-corrected chi connectivity index (χ1v) is 30.1. The zero-order valence-corrected chi connectivity index (χ0v) is 46.7. The third-order valence-corrected chi connectivity index (χ3v) is 12.9. The van der Waals surface area contributed by atoms with Gasteiger partial charge in [0.15, 0.2) is 6.10 Å². The van der Waals surface area contributed by atoms with Crippen molar-refractivity contribution < 1.29 is 28.6 Å². The molecule has 408 valence electrons. The molecule has 6 heteroatoms. The van der Waals surface area contributed by atoms with Gasteiger partial charge in [-0.2, -0.15) is 0 Å². The Bertz CT molecular complexity index is 1370. The maximum absolute atomic E-state index is 12.9. The summed E-state index contributed by atoms with van der Waals surface area (Å²) in [5.74, 6) is -0.908. The SMILES string of the molecule is CC/C=C\C/C=C\C/C=C\C/C=C\C/C=C\C/C=C\C/C=C\CCCCCC(=O)OCC(COC(=O)CCCCCCCCCCCCC)OC(=O)CCCCCCCCCCCCCCCCCCC. The second-order valence-corrected chi connectivity index (χ2v) is 19.9. The zero-order chi connectivity index (χ0) is 51.4. The quantitative estimate of drug-likeness (QED) is 0.0261. The number of ether oxygens (including phenoxy) is 3. The van der Waals surface area contributed by atoms with Crippen LogP contribution in [-0.4, -0.2) is 37.2 Å². The first-order chi connectivity index (χ1) is 35.0. The van der Waals surface area contributed by atoms with Gasteiger partial charge in [-0.25, -0.2) is 0 Å². The molecule has 0 N–H and O–H groups in total. The van der Waals surface area contributed by atoms with Gasteiger partial charge in [0.05, 0.1) is 0 Å². The van der Waals surface area contributed by atoms with Crippen LogP contribution in [0.1, 0.15) is 290 Å². The lowest BCUT2D eigenvalue weighted by atomic mass is 10.0. The second kappa shape index (κ2) is 59.2. The lowest BCUT2D eigenvalue weighted by Crippen LogP contribution is -2.30. The van der Waals surface area contributed by atoms with Crippen molar-refractivity contribution in [2.24, 2.45) is 0 Å². The van der Waals surface area contributed by atoms with Crippen LogP contribution in [0.25, 0.3) is 0 Å². The van der Waals surface area contributed by atoms with Gasteiger partial charge in [-0.3, -0.25) is 14.4 Å². The Hall–Kier alpha value is -3.41. The van der Waals surface area contributed by atoms with Crippen molar-refractivity contribution >= 4 is 17.9 Å². The summed E-state index contributed by atoms with van der Waals surface area (Å²) in [5, 5.41) is 0. The molecule has 0 saturated heterocycles. The van der Waals surface area contributed by atoms with Gasteiger partial charge in [0.1, 0.15) is 13.2 Å². The summed E-state index contributed by atoms with van der Waals surface area (Å²) in [7, 11) is 0. The van der Waals surface area contributed by atoms with Crippen LogP contribution in [0, 0.1) is 0 Å². The fourth-order valence-corrected chi connectivity index (χ4v) is 8.42. The summed E-state index contributed by atoms with van der Waals surface area (Å²) in [4.78, 5) is 38.2. The molecular formula is C65H112O6. The van der Waals surface area contributed by atoms with Gasteiger partial charge in [-0.1, -0.05) is 279 Å². The Kier molecular flexibility index (Phi) is 56.3. The van der Waals surface area contributed by atoms with Crippen LogP contribution in [0.5, 0.6) is 0 Å². The number of unbranched alkanes of at least 4 members (excludes halogenated alkanes) is 29. The Labute approximate surface area is 439 Å². The Balaban J connectivity index is 4.36. The molecule has 0 saturated carbocycles. The molecule has 71 heavy (non-hydrogen) atoms. The van der Waals surface area contributed by atoms with Crippen LogP contribution in [-0.2, 0) is 28.6 Å². The number of carbonyl (C=O) groups excluding carboxylic acids is 3. The van der Waals surface area contributed by atoms with Crippen molar-refractivity contribution in [1.82, 2.24) is 0 Å². The maximum atomic E-state index is 12.9. The summed E-state index contributed by atoms with van der Waals surface area (Å²) in [6.07, 6.45) is 77.2. The minimum absolute atomic E-state index is 0.0835. The fourth-order valence-electron chi connectivity index (χ4n) is 8.42. The highest BCUT2D eigenvalue weighted by atomic mass is 16.6. The summed E-state index contributed by atoms with van der Waals surface area (Å²) in [6, 6.07) is 0. The number of esters is 3. The van der Waals surface area contributed by atoms with E-state index in [-0.39, 0.29) is 31.1 Å². The van der Waals surface area contributed by atoms with Crippen molar-refractivity contribution in [1.29, 1.82) is 0 Å². The van der Waals surface area contributed by atoms with Gasteiger partial charge < -0.3 is 14.2 Å². The first-order valence-electron chi connectivity index (χ1n) is 30.1. The standard InChI is InChI=1S/C65H112O6/c1-4-7-10-13-16-19-22-24-26-28-29-30-31-32-33-34-35-37-38-40-43-46-49-52-55-58-64(67)70-61-62(60-69-63(66)57-54-51-48-45-42-21-18-15-12-9-6-3)71-65(68)59-56-53-50-47-44-41-39-36-27-25-23-20-17-14-11-8-5-2/h7,10,16,19,24,26,29-30,32-33,35,37,40,43,62H,4-6,8-9,11-15,17-18,20-23,25,27-28,31,34,36,38-39,41-42,44-61H2,1-3H3/b10-7-,19-16-,26-24-,30-29-,33-32-,37-35-,43-40-. The molecule has 1 atom stereocenters. The Morgan fingerprint density at radius 2 is 0.549 bits per heavy atom. The molecule has 6 nitrogen and oxygen atoms in total. The molecule has 0 bridgehead atoms. The van der Waals surface area contributed by atoms with E-state index in [0.717, 1.165) is 109 Å². The third kappa shape index (κ3) is 57.4. The lowest BCUT2D eigenvalue weighted by molar-refractivity contribution is -0.167. The van der Waals surface area contributed by atoms with Gasteiger partial charge in [0.2, 0.25) is 0 Å². The molecule has 0 fully saturated rings. The van der Waals surface area contributed by atoms with Crippen molar-refractivity contribution in [2.75, 3.05) is 13.2 Å². The average molecular weight is 990 g/mol. The number of rotatable bonds is 54. The molecule has 0 aliphatic rings. The molecule has 0 rings (SSSR count). The summed E-state index contributed by atoms with van der Waals surface area (Å²) in [6.45, 7) is 6.52. The van der Waals surface area contributed by atoms with Gasteiger partial charge >= 0.3 is 17.9 Å². The van der Waals surface area contributed by atoms with E-state index in [1.54, 1.807) is 0 Å². The van der Waals surface area contributed by atoms with Crippen LogP contribution in [0.2, 0.25) is 0 Å². The van der Waals surface area contributed by atoms with E-state index in [9.17, 15) is 14.4 Å². The number of hydrogen-bond acceptors (Lipinski definition) is 6. The van der Waals surface area contributed by atoms with Crippen molar-refractivity contribution in [2.45, 2.75) is 297 Å². The summed E-state index contributed by atoms with van der Waals surface area (Å²) >= 11 is 0. The van der Waals surface area contributed by atoms with Crippen LogP contribution in [0.15, 0.2) is 85.1 Å². The van der Waals surface area contributed by atoms with Gasteiger partial charge in [-0.15, -0.1) is 0 Å². The van der Waals surface area contributed by atoms with Gasteiger partial charge in [0.25, 0.3) is 0 Å². The molecule has 0 spiro atoms.